The summed E-state index contributed by atoms with van der Waals surface area (Å²) in [7, 11) is 0. The van der Waals surface area contributed by atoms with Gasteiger partial charge in [0, 0.05) is 35.2 Å². The maximum absolute atomic E-state index is 14.4. The second kappa shape index (κ2) is 6.80. The fourth-order valence-corrected chi connectivity index (χ4v) is 9.41. The van der Waals surface area contributed by atoms with Crippen LogP contribution in [0.2, 0.25) is 0 Å². The predicted octanol–water partition coefficient (Wildman–Crippen LogP) is 2.48. The predicted molar refractivity (Wildman–Crippen MR) is 126 cm³/mol. The van der Waals surface area contributed by atoms with Crippen molar-refractivity contribution >= 4 is 23.5 Å². The highest BCUT2D eigenvalue weighted by Crippen LogP contribution is 2.81. The normalized spacial score (nSPS) is 49.0. The highest BCUT2D eigenvalue weighted by Gasteiger charge is 2.89. The minimum Gasteiger partial charge on any atom is -0.504 e. The molecule has 0 unspecified atom stereocenters. The highest BCUT2D eigenvalue weighted by atomic mass is 16.6. The van der Waals surface area contributed by atoms with Gasteiger partial charge in [0.2, 0.25) is 12.1 Å². The number of cyclic esters (lactones) is 1. The molecular weight excluding hydrogens is 480 g/mol. The Labute approximate surface area is 214 Å². The van der Waals surface area contributed by atoms with Crippen molar-refractivity contribution in [2.45, 2.75) is 78.5 Å². The van der Waals surface area contributed by atoms with E-state index in [1.807, 2.05) is 13.8 Å². The number of fused-ring (bicyclic) bond motifs is 3. The molecule has 0 aromatic rings. The van der Waals surface area contributed by atoms with Crippen LogP contribution in [-0.4, -0.2) is 57.8 Å². The van der Waals surface area contributed by atoms with E-state index in [-0.39, 0.29) is 18.3 Å². The number of epoxide rings is 1. The van der Waals surface area contributed by atoms with Gasteiger partial charge < -0.3 is 24.4 Å². The van der Waals surface area contributed by atoms with Gasteiger partial charge in [0.05, 0.1) is 16.9 Å². The third-order valence-corrected chi connectivity index (χ3v) is 10.6. The molecule has 198 valence electrons. The molecule has 9 nitrogen and oxygen atoms in total. The minimum absolute atomic E-state index is 0.225. The number of rotatable bonds is 2. The maximum Gasteiger partial charge on any atom is 0.336 e. The number of aliphatic hydroxyl groups excluding tert-OH is 2. The van der Waals surface area contributed by atoms with E-state index in [1.165, 1.54) is 19.1 Å². The van der Waals surface area contributed by atoms with Crippen molar-refractivity contribution in [3.63, 3.8) is 0 Å². The van der Waals surface area contributed by atoms with Crippen LogP contribution >= 0.6 is 0 Å². The zero-order chi connectivity index (χ0) is 27.1. The molecule has 1 spiro atoms. The van der Waals surface area contributed by atoms with Crippen LogP contribution in [-0.2, 0) is 33.4 Å². The average Bonchev–Trinajstić information content (AvgIpc) is 3.34. The first-order chi connectivity index (χ1) is 17.1. The number of aliphatic hydroxyl groups is 2. The molecule has 2 heterocycles. The summed E-state index contributed by atoms with van der Waals surface area (Å²) in [6, 6.07) is 0. The summed E-state index contributed by atoms with van der Waals surface area (Å²) in [6.07, 6.45) is 2.81. The van der Waals surface area contributed by atoms with Crippen LogP contribution in [0.5, 0.6) is 0 Å². The lowest BCUT2D eigenvalue weighted by atomic mass is 9.38. The maximum atomic E-state index is 14.4. The Hall–Kier alpha value is -2.78. The van der Waals surface area contributed by atoms with E-state index in [2.05, 4.69) is 0 Å². The number of ether oxygens (including phenoxy) is 3. The van der Waals surface area contributed by atoms with E-state index in [0.29, 0.717) is 17.6 Å². The minimum atomic E-state index is -1.34. The molecule has 2 aliphatic heterocycles. The molecule has 0 aromatic heterocycles. The number of hydrogen-bond donors (Lipinski definition) is 2. The van der Waals surface area contributed by atoms with Gasteiger partial charge in [-0.1, -0.05) is 19.9 Å². The van der Waals surface area contributed by atoms with Gasteiger partial charge in [-0.05, 0) is 51.3 Å². The van der Waals surface area contributed by atoms with Crippen LogP contribution in [0.4, 0.5) is 0 Å². The molecule has 1 saturated heterocycles. The number of carbonyl (C=O) groups is 4. The van der Waals surface area contributed by atoms with Gasteiger partial charge in [0.25, 0.3) is 0 Å². The zero-order valence-electron chi connectivity index (χ0n) is 21.8. The summed E-state index contributed by atoms with van der Waals surface area (Å²) in [5, 5.41) is 21.5. The molecule has 9 heteroatoms. The Bertz CT molecular complexity index is 1290. The van der Waals surface area contributed by atoms with Gasteiger partial charge in [-0.3, -0.25) is 14.4 Å². The summed E-state index contributed by atoms with van der Waals surface area (Å²) in [4.78, 5) is 52.3. The number of esters is 2. The van der Waals surface area contributed by atoms with Gasteiger partial charge >= 0.3 is 11.9 Å². The van der Waals surface area contributed by atoms with Crippen LogP contribution in [0.3, 0.4) is 0 Å². The molecule has 0 amide bonds. The van der Waals surface area contributed by atoms with Crippen molar-refractivity contribution in [3.05, 3.63) is 35.1 Å². The first-order valence-corrected chi connectivity index (χ1v) is 12.8. The fourth-order valence-electron chi connectivity index (χ4n) is 9.41. The molecule has 2 N–H and O–H groups in total. The van der Waals surface area contributed by atoms with E-state index >= 15 is 0 Å². The lowest BCUT2D eigenvalue weighted by molar-refractivity contribution is -0.203. The Morgan fingerprint density at radius 3 is 2.41 bits per heavy atom. The summed E-state index contributed by atoms with van der Waals surface area (Å²) < 4.78 is 17.4. The third-order valence-electron chi connectivity index (χ3n) is 10.6. The van der Waals surface area contributed by atoms with Crippen LogP contribution in [0.15, 0.2) is 35.1 Å². The van der Waals surface area contributed by atoms with Gasteiger partial charge in [-0.15, -0.1) is 0 Å². The monoisotopic (exact) mass is 512 g/mol. The summed E-state index contributed by atoms with van der Waals surface area (Å²) in [5.41, 5.74) is -4.73. The van der Waals surface area contributed by atoms with E-state index in [4.69, 9.17) is 14.2 Å². The van der Waals surface area contributed by atoms with E-state index in [0.717, 1.165) is 0 Å². The highest BCUT2D eigenvalue weighted by molar-refractivity contribution is 6.06. The second-order valence-electron chi connectivity index (χ2n) is 12.7. The first kappa shape index (κ1) is 24.6. The number of Topliss-reactive ketones (excluding diaryl/α,β-unsaturated/α-hetero) is 1. The molecule has 0 bridgehead atoms. The first-order valence-electron chi connectivity index (χ1n) is 12.8. The van der Waals surface area contributed by atoms with Crippen LogP contribution in [0.1, 0.15) is 54.4 Å². The van der Waals surface area contributed by atoms with Gasteiger partial charge in [-0.25, -0.2) is 4.79 Å². The quantitative estimate of drug-likeness (QED) is 0.422. The lowest BCUT2D eigenvalue weighted by Crippen LogP contribution is -2.71. The standard InChI is InChI=1S/C28H32O9/c1-12(29)35-15-11-26(5)14(13-9-18(31)36-23(13)34)10-17-28(26,37-17)27(6)20(15)25(4)8-7-16(30)24(2,3)21(25)19(32)22(27)33/h7-9,14-15,17-18,20,31-32H,10-11H2,1-6H3/t14-,15-,17+,18+,20+,25+,26-,27-,28+/m0/s1. The van der Waals surface area contributed by atoms with E-state index in [1.54, 1.807) is 26.8 Å². The molecular formula is C28H32O9. The smallest absolute Gasteiger partial charge is 0.336 e. The zero-order valence-corrected chi connectivity index (χ0v) is 21.8. The second-order valence-corrected chi connectivity index (χ2v) is 12.7. The summed E-state index contributed by atoms with van der Waals surface area (Å²) in [5.74, 6) is -3.41. The Morgan fingerprint density at radius 1 is 1.14 bits per heavy atom. The van der Waals surface area contributed by atoms with Gasteiger partial charge in [-0.2, -0.15) is 0 Å². The summed E-state index contributed by atoms with van der Waals surface area (Å²) in [6.45, 7) is 10.3. The topological polar surface area (TPSA) is 140 Å². The van der Waals surface area contributed by atoms with E-state index < -0.39 is 75.0 Å². The fraction of sp³-hybridized carbons (Fsp3) is 0.643. The van der Waals surface area contributed by atoms with Gasteiger partial charge in [0.1, 0.15) is 11.7 Å². The lowest BCUT2D eigenvalue weighted by Gasteiger charge is -2.64. The van der Waals surface area contributed by atoms with Crippen molar-refractivity contribution in [3.8, 4) is 0 Å². The number of allylic oxidation sites excluding steroid dienone is 4. The average molecular weight is 513 g/mol. The molecule has 0 radical (unpaired) electrons. The molecule has 2 saturated carbocycles. The third kappa shape index (κ3) is 2.53. The Kier molecular flexibility index (Phi) is 4.51. The van der Waals surface area contributed by atoms with E-state index in [9.17, 15) is 29.4 Å². The number of ketones is 2. The summed E-state index contributed by atoms with van der Waals surface area (Å²) >= 11 is 0. The molecule has 3 fully saturated rings. The van der Waals surface area contributed by atoms with Crippen molar-refractivity contribution in [2.24, 2.45) is 33.5 Å². The Balaban J connectivity index is 1.60. The van der Waals surface area contributed by atoms with Crippen LogP contribution < -0.4 is 0 Å². The van der Waals surface area contributed by atoms with Crippen molar-refractivity contribution < 1.29 is 43.6 Å². The number of carbonyl (C=O) groups excluding carboxylic acids is 4. The largest absolute Gasteiger partial charge is 0.504 e. The molecule has 6 rings (SSSR count). The molecule has 6 aliphatic rings. The molecule has 37 heavy (non-hydrogen) atoms. The van der Waals surface area contributed by atoms with Crippen LogP contribution in [0, 0.1) is 33.5 Å². The van der Waals surface area contributed by atoms with Crippen molar-refractivity contribution in [2.75, 3.05) is 0 Å². The molecule has 9 atom stereocenters. The number of hydrogen-bond acceptors (Lipinski definition) is 9. The molecule has 4 aliphatic carbocycles. The van der Waals surface area contributed by atoms with Crippen molar-refractivity contribution in [1.82, 2.24) is 0 Å². The van der Waals surface area contributed by atoms with Crippen molar-refractivity contribution in [1.29, 1.82) is 0 Å². The SMILES string of the molecule is CC(=O)O[C@H]1C[C@@]2(C)[C@H](C3=C[C@H](O)OC3=O)C[C@H]3O[C@]32[C@]2(C)C(=O)C(O)=C3C(C)(C)C(=O)C=C[C@]3(C)[C@@H]12. The van der Waals surface area contributed by atoms with Gasteiger partial charge in [0.15, 0.2) is 11.5 Å². The Morgan fingerprint density at radius 2 is 1.81 bits per heavy atom. The van der Waals surface area contributed by atoms with Crippen LogP contribution in [0.25, 0.3) is 0 Å². The molecule has 0 aromatic carbocycles.